The fraction of sp³-hybridized carbons (Fsp3) is 0.562. The molecule has 0 saturated carbocycles. The molecule has 0 amide bonds. The van der Waals surface area contributed by atoms with E-state index in [1.807, 2.05) is 23.9 Å². The summed E-state index contributed by atoms with van der Waals surface area (Å²) in [6, 6.07) is 8.10. The van der Waals surface area contributed by atoms with E-state index in [2.05, 4.69) is 34.0 Å². The van der Waals surface area contributed by atoms with E-state index in [9.17, 15) is 0 Å². The molecule has 1 rings (SSSR count). The lowest BCUT2D eigenvalue weighted by Gasteiger charge is -2.12. The molecule has 0 fully saturated rings. The van der Waals surface area contributed by atoms with Gasteiger partial charge in [0, 0.05) is 46.0 Å². The summed E-state index contributed by atoms with van der Waals surface area (Å²) in [6.07, 6.45) is 2.99. The summed E-state index contributed by atoms with van der Waals surface area (Å²) in [5.74, 6) is 2.77. The quantitative estimate of drug-likeness (QED) is 0.247. The average molecular weight is 453 g/mol. The summed E-state index contributed by atoms with van der Waals surface area (Å²) in [5.41, 5.74) is 1.16. The van der Waals surface area contributed by atoms with Gasteiger partial charge in [0.1, 0.15) is 5.75 Å². The van der Waals surface area contributed by atoms with Crippen LogP contribution >= 0.6 is 35.7 Å². The van der Waals surface area contributed by atoms with Crippen LogP contribution in [0.4, 0.5) is 0 Å². The standard InChI is InChI=1S/C16H27N3O2S.HI/c1-17-16(18-8-11-22-3)19-13-14-6-4-7-15(12-14)21-10-5-9-20-2;/h4,6-7,12H,5,8-11,13H2,1-3H3,(H2,17,18,19);1H. The number of nitrogens with zero attached hydrogens (tertiary/aromatic N) is 1. The summed E-state index contributed by atoms with van der Waals surface area (Å²) in [5, 5.41) is 6.58. The van der Waals surface area contributed by atoms with Crippen molar-refractivity contribution in [1.29, 1.82) is 0 Å². The van der Waals surface area contributed by atoms with Crippen LogP contribution < -0.4 is 15.4 Å². The lowest BCUT2D eigenvalue weighted by Crippen LogP contribution is -2.37. The number of rotatable bonds is 10. The van der Waals surface area contributed by atoms with Gasteiger partial charge in [-0.3, -0.25) is 4.99 Å². The molecular formula is C16H28IN3O2S. The number of guanidine groups is 1. The topological polar surface area (TPSA) is 54.9 Å². The van der Waals surface area contributed by atoms with E-state index in [0.29, 0.717) is 13.2 Å². The number of hydrogen-bond donors (Lipinski definition) is 2. The monoisotopic (exact) mass is 453 g/mol. The van der Waals surface area contributed by atoms with Crippen molar-refractivity contribution < 1.29 is 9.47 Å². The van der Waals surface area contributed by atoms with Crippen LogP contribution in [0.2, 0.25) is 0 Å². The zero-order valence-corrected chi connectivity index (χ0v) is 17.3. The number of hydrogen-bond acceptors (Lipinski definition) is 4. The highest BCUT2D eigenvalue weighted by molar-refractivity contribution is 14.0. The molecule has 0 unspecified atom stereocenters. The predicted octanol–water partition coefficient (Wildman–Crippen LogP) is 2.75. The molecule has 1 aromatic carbocycles. The van der Waals surface area contributed by atoms with Crippen molar-refractivity contribution in [2.45, 2.75) is 13.0 Å². The van der Waals surface area contributed by atoms with Crippen molar-refractivity contribution in [3.63, 3.8) is 0 Å². The second-order valence-corrected chi connectivity index (χ2v) is 5.67. The smallest absolute Gasteiger partial charge is 0.191 e. The van der Waals surface area contributed by atoms with E-state index in [0.717, 1.165) is 42.6 Å². The molecule has 0 atom stereocenters. The molecule has 0 aliphatic heterocycles. The van der Waals surface area contributed by atoms with E-state index in [4.69, 9.17) is 9.47 Å². The Balaban J connectivity index is 0.00000484. The van der Waals surface area contributed by atoms with Crippen molar-refractivity contribution in [2.75, 3.05) is 45.9 Å². The first-order valence-corrected chi connectivity index (χ1v) is 8.83. The number of thioether (sulfide) groups is 1. The molecule has 0 bridgehead atoms. The van der Waals surface area contributed by atoms with Crippen LogP contribution in [0.25, 0.3) is 0 Å². The molecule has 0 spiro atoms. The predicted molar refractivity (Wildman–Crippen MR) is 110 cm³/mol. The maximum atomic E-state index is 5.70. The Hall–Kier alpha value is -0.670. The minimum Gasteiger partial charge on any atom is -0.493 e. The van der Waals surface area contributed by atoms with Crippen molar-refractivity contribution in [3.8, 4) is 5.75 Å². The maximum absolute atomic E-state index is 5.70. The maximum Gasteiger partial charge on any atom is 0.191 e. The molecule has 132 valence electrons. The van der Waals surface area contributed by atoms with E-state index in [1.54, 1.807) is 14.2 Å². The van der Waals surface area contributed by atoms with E-state index in [1.165, 1.54) is 0 Å². The van der Waals surface area contributed by atoms with Gasteiger partial charge >= 0.3 is 0 Å². The second kappa shape index (κ2) is 14.9. The van der Waals surface area contributed by atoms with Crippen molar-refractivity contribution in [3.05, 3.63) is 29.8 Å². The molecule has 1 aromatic rings. The third-order valence-corrected chi connectivity index (χ3v) is 3.55. The summed E-state index contributed by atoms with van der Waals surface area (Å²) < 4.78 is 10.7. The van der Waals surface area contributed by atoms with Gasteiger partial charge in [0.25, 0.3) is 0 Å². The van der Waals surface area contributed by atoms with Crippen LogP contribution in [0.5, 0.6) is 5.75 Å². The highest BCUT2D eigenvalue weighted by Crippen LogP contribution is 2.13. The van der Waals surface area contributed by atoms with Gasteiger partial charge in [-0.25, -0.2) is 0 Å². The zero-order valence-electron chi connectivity index (χ0n) is 14.1. The highest BCUT2D eigenvalue weighted by Gasteiger charge is 2.00. The summed E-state index contributed by atoms with van der Waals surface area (Å²) in [4.78, 5) is 4.21. The first kappa shape index (κ1) is 22.3. The van der Waals surface area contributed by atoms with Gasteiger partial charge in [-0.05, 0) is 24.0 Å². The van der Waals surface area contributed by atoms with Gasteiger partial charge in [-0.15, -0.1) is 24.0 Å². The van der Waals surface area contributed by atoms with Crippen molar-refractivity contribution >= 4 is 41.7 Å². The molecule has 0 aliphatic carbocycles. The van der Waals surface area contributed by atoms with Crippen LogP contribution in [0.15, 0.2) is 29.3 Å². The Morgan fingerprint density at radius 2 is 2.09 bits per heavy atom. The van der Waals surface area contributed by atoms with Crippen molar-refractivity contribution in [1.82, 2.24) is 10.6 Å². The third kappa shape index (κ3) is 10.7. The van der Waals surface area contributed by atoms with Crippen molar-refractivity contribution in [2.24, 2.45) is 4.99 Å². The number of benzene rings is 1. The van der Waals surface area contributed by atoms with Gasteiger partial charge in [-0.1, -0.05) is 12.1 Å². The second-order valence-electron chi connectivity index (χ2n) is 4.69. The third-order valence-electron chi connectivity index (χ3n) is 2.94. The number of ether oxygens (including phenoxy) is 2. The molecule has 0 aromatic heterocycles. The van der Waals surface area contributed by atoms with Gasteiger partial charge in [-0.2, -0.15) is 11.8 Å². The average Bonchev–Trinajstić information content (AvgIpc) is 2.55. The normalized spacial score (nSPS) is 10.8. The Morgan fingerprint density at radius 1 is 1.26 bits per heavy atom. The van der Waals surface area contributed by atoms with E-state index >= 15 is 0 Å². The van der Waals surface area contributed by atoms with Crippen LogP contribution in [-0.2, 0) is 11.3 Å². The minimum absolute atomic E-state index is 0. The van der Waals surface area contributed by atoms with Gasteiger partial charge in [0.15, 0.2) is 5.96 Å². The molecule has 0 heterocycles. The Kier molecular flexibility index (Phi) is 14.5. The zero-order chi connectivity index (χ0) is 16.0. The molecular weight excluding hydrogens is 425 g/mol. The lowest BCUT2D eigenvalue weighted by molar-refractivity contribution is 0.172. The molecule has 0 saturated heterocycles. The molecule has 2 N–H and O–H groups in total. The molecule has 23 heavy (non-hydrogen) atoms. The SMILES string of the molecule is CN=C(NCCSC)NCc1cccc(OCCCOC)c1.I. The number of aliphatic imine (C=N–C) groups is 1. The van der Waals surface area contributed by atoms with Gasteiger partial charge in [0.2, 0.25) is 0 Å². The molecule has 0 aliphatic rings. The van der Waals surface area contributed by atoms with Crippen LogP contribution in [-0.4, -0.2) is 51.9 Å². The van der Waals surface area contributed by atoms with Crippen LogP contribution in [0.3, 0.4) is 0 Å². The lowest BCUT2D eigenvalue weighted by atomic mass is 10.2. The van der Waals surface area contributed by atoms with Gasteiger partial charge < -0.3 is 20.1 Å². The fourth-order valence-corrected chi connectivity index (χ4v) is 2.12. The largest absolute Gasteiger partial charge is 0.493 e. The molecule has 7 heteroatoms. The Morgan fingerprint density at radius 3 is 2.78 bits per heavy atom. The molecule has 5 nitrogen and oxygen atoms in total. The number of halogens is 1. The summed E-state index contributed by atoms with van der Waals surface area (Å²) in [6.45, 7) is 3.01. The van der Waals surface area contributed by atoms with E-state index < -0.39 is 0 Å². The summed E-state index contributed by atoms with van der Waals surface area (Å²) >= 11 is 1.81. The first-order chi connectivity index (χ1) is 10.8. The van der Waals surface area contributed by atoms with E-state index in [-0.39, 0.29) is 24.0 Å². The molecule has 0 radical (unpaired) electrons. The fourth-order valence-electron chi connectivity index (χ4n) is 1.82. The van der Waals surface area contributed by atoms with Crippen LogP contribution in [0.1, 0.15) is 12.0 Å². The highest BCUT2D eigenvalue weighted by atomic mass is 127. The number of methoxy groups -OCH3 is 1. The Bertz CT molecular complexity index is 447. The van der Waals surface area contributed by atoms with Crippen LogP contribution in [0, 0.1) is 0 Å². The Labute approximate surface area is 161 Å². The van der Waals surface area contributed by atoms with Gasteiger partial charge in [0.05, 0.1) is 6.61 Å². The minimum atomic E-state index is 0. The number of nitrogens with one attached hydrogen (secondary N) is 2. The summed E-state index contributed by atoms with van der Waals surface area (Å²) in [7, 11) is 3.48. The first-order valence-electron chi connectivity index (χ1n) is 7.44.